The zero-order chi connectivity index (χ0) is 13.8. The third-order valence-corrected chi connectivity index (χ3v) is 4.52. The zero-order valence-electron chi connectivity index (χ0n) is 12.4. The quantitative estimate of drug-likeness (QED) is 0.627. The highest BCUT2D eigenvalue weighted by Gasteiger charge is 2.34. The topological polar surface area (TPSA) is 38.3 Å². The second-order valence-electron chi connectivity index (χ2n) is 6.34. The van der Waals surface area contributed by atoms with E-state index in [9.17, 15) is 4.79 Å². The van der Waals surface area contributed by atoms with Gasteiger partial charge in [0.25, 0.3) is 0 Å². The fourth-order valence-electron chi connectivity index (χ4n) is 3.72. The number of ether oxygens (including phenoxy) is 1. The molecule has 3 nitrogen and oxygen atoms in total. The van der Waals surface area contributed by atoms with Gasteiger partial charge in [0.05, 0.1) is 7.11 Å². The van der Waals surface area contributed by atoms with Gasteiger partial charge in [-0.05, 0) is 44.4 Å². The number of hydrogen-bond acceptors (Lipinski definition) is 3. The maximum Gasteiger partial charge on any atom is 0.323 e. The van der Waals surface area contributed by atoms with Gasteiger partial charge in [0.2, 0.25) is 0 Å². The summed E-state index contributed by atoms with van der Waals surface area (Å²) in [4.78, 5) is 12.1. The highest BCUT2D eigenvalue weighted by atomic mass is 16.5. The first kappa shape index (κ1) is 14.6. The van der Waals surface area contributed by atoms with E-state index in [0.29, 0.717) is 17.9 Å². The van der Waals surface area contributed by atoms with Crippen molar-refractivity contribution in [2.75, 3.05) is 7.11 Å². The fraction of sp³-hybridized carbons (Fsp3) is 0.812. The van der Waals surface area contributed by atoms with Crippen molar-refractivity contribution in [3.8, 4) is 0 Å². The lowest BCUT2D eigenvalue weighted by atomic mass is 9.79. The molecule has 0 saturated heterocycles. The molecular weight excluding hydrogens is 238 g/mol. The number of carbonyl (C=O) groups is 1. The summed E-state index contributed by atoms with van der Waals surface area (Å²) >= 11 is 0. The Hall–Kier alpha value is -0.830. The third-order valence-electron chi connectivity index (χ3n) is 4.52. The smallest absolute Gasteiger partial charge is 0.323 e. The summed E-state index contributed by atoms with van der Waals surface area (Å²) in [6, 6.07) is 0.379. The summed E-state index contributed by atoms with van der Waals surface area (Å²) < 4.78 is 5.03. The van der Waals surface area contributed by atoms with E-state index in [1.54, 1.807) is 0 Å². The van der Waals surface area contributed by atoms with Gasteiger partial charge in [0.15, 0.2) is 0 Å². The minimum atomic E-state index is -0.126. The third kappa shape index (κ3) is 3.82. The Morgan fingerprint density at radius 1 is 1.42 bits per heavy atom. The Kier molecular flexibility index (Phi) is 5.03. The summed E-state index contributed by atoms with van der Waals surface area (Å²) in [5, 5.41) is 3.58. The first-order valence-corrected chi connectivity index (χ1v) is 7.61. The number of esters is 1. The Bertz CT molecular complexity index is 345. The number of hydrogen-bond donors (Lipinski definition) is 1. The van der Waals surface area contributed by atoms with Crippen molar-refractivity contribution in [2.24, 2.45) is 11.8 Å². The molecule has 0 amide bonds. The second-order valence-corrected chi connectivity index (χ2v) is 6.34. The number of allylic oxidation sites excluding steroid dienone is 2. The normalized spacial score (nSPS) is 29.9. The molecule has 19 heavy (non-hydrogen) atoms. The van der Waals surface area contributed by atoms with Crippen molar-refractivity contribution in [2.45, 2.75) is 64.5 Å². The van der Waals surface area contributed by atoms with Gasteiger partial charge in [-0.25, -0.2) is 0 Å². The summed E-state index contributed by atoms with van der Waals surface area (Å²) in [5.41, 5.74) is 1.41. The van der Waals surface area contributed by atoms with E-state index >= 15 is 0 Å². The Morgan fingerprint density at radius 3 is 2.68 bits per heavy atom. The predicted molar refractivity (Wildman–Crippen MR) is 76.8 cm³/mol. The van der Waals surface area contributed by atoms with Crippen LogP contribution in [0.15, 0.2) is 11.6 Å². The zero-order valence-corrected chi connectivity index (χ0v) is 12.4. The highest BCUT2D eigenvalue weighted by molar-refractivity contribution is 5.76. The average Bonchev–Trinajstić information content (AvgIpc) is 2.86. The monoisotopic (exact) mass is 265 g/mol. The average molecular weight is 265 g/mol. The molecule has 0 aliphatic heterocycles. The molecule has 0 heterocycles. The Balaban J connectivity index is 2.04. The highest BCUT2D eigenvalue weighted by Crippen LogP contribution is 2.31. The Labute approximate surface area is 116 Å². The number of nitrogens with one attached hydrogen (secondary N) is 1. The molecular formula is C16H27NO2. The van der Waals surface area contributed by atoms with Crippen molar-refractivity contribution >= 4 is 5.97 Å². The van der Waals surface area contributed by atoms with E-state index in [1.807, 2.05) is 0 Å². The summed E-state index contributed by atoms with van der Waals surface area (Å²) in [5.74, 6) is 0.864. The van der Waals surface area contributed by atoms with Gasteiger partial charge < -0.3 is 10.1 Å². The molecule has 0 aromatic carbocycles. The predicted octanol–water partition coefficient (Wildman–Crippen LogP) is 3.05. The first-order valence-electron chi connectivity index (χ1n) is 7.61. The fourth-order valence-corrected chi connectivity index (χ4v) is 3.72. The minimum Gasteiger partial charge on any atom is -0.468 e. The molecule has 1 N–H and O–H groups in total. The van der Waals surface area contributed by atoms with Crippen LogP contribution < -0.4 is 5.32 Å². The van der Waals surface area contributed by atoms with Crippen molar-refractivity contribution in [1.29, 1.82) is 0 Å². The lowest BCUT2D eigenvalue weighted by molar-refractivity contribution is -0.145. The largest absolute Gasteiger partial charge is 0.468 e. The summed E-state index contributed by atoms with van der Waals surface area (Å²) in [7, 11) is 1.50. The van der Waals surface area contributed by atoms with Crippen LogP contribution in [0.5, 0.6) is 0 Å². The molecule has 1 fully saturated rings. The summed E-state index contributed by atoms with van der Waals surface area (Å²) in [6.45, 7) is 4.41. The van der Waals surface area contributed by atoms with Gasteiger partial charge in [-0.2, -0.15) is 0 Å². The van der Waals surface area contributed by atoms with E-state index in [-0.39, 0.29) is 12.0 Å². The van der Waals surface area contributed by atoms with Crippen LogP contribution in [-0.2, 0) is 9.53 Å². The van der Waals surface area contributed by atoms with Gasteiger partial charge in [-0.15, -0.1) is 0 Å². The van der Waals surface area contributed by atoms with Crippen LogP contribution >= 0.6 is 0 Å². The van der Waals surface area contributed by atoms with Crippen LogP contribution in [0.2, 0.25) is 0 Å². The van der Waals surface area contributed by atoms with Gasteiger partial charge >= 0.3 is 5.97 Å². The van der Waals surface area contributed by atoms with Crippen molar-refractivity contribution in [1.82, 2.24) is 5.32 Å². The molecule has 0 bridgehead atoms. The molecule has 1 saturated carbocycles. The van der Waals surface area contributed by atoms with Crippen LogP contribution in [0.1, 0.15) is 52.4 Å². The van der Waals surface area contributed by atoms with Crippen LogP contribution in [-0.4, -0.2) is 25.2 Å². The lowest BCUT2D eigenvalue weighted by Gasteiger charge is -2.33. The second kappa shape index (κ2) is 6.56. The molecule has 0 aromatic rings. The summed E-state index contributed by atoms with van der Waals surface area (Å²) in [6.07, 6.45) is 9.40. The number of rotatable bonds is 4. The van der Waals surface area contributed by atoms with Gasteiger partial charge in [0.1, 0.15) is 6.04 Å². The SMILES string of the molecule is COC(=O)C(NC1CCCC1)C1CC(C)=CC(C)C1. The van der Waals surface area contributed by atoms with Crippen LogP contribution in [0.4, 0.5) is 0 Å². The number of methoxy groups -OCH3 is 1. The lowest BCUT2D eigenvalue weighted by Crippen LogP contribution is -2.48. The molecule has 2 aliphatic rings. The van der Waals surface area contributed by atoms with Crippen molar-refractivity contribution in [3.05, 3.63) is 11.6 Å². The number of carbonyl (C=O) groups excluding carboxylic acids is 1. The molecule has 3 unspecified atom stereocenters. The first-order chi connectivity index (χ1) is 9.10. The molecule has 3 heteroatoms. The van der Waals surface area contributed by atoms with E-state index in [1.165, 1.54) is 38.4 Å². The molecule has 0 radical (unpaired) electrons. The van der Waals surface area contributed by atoms with Gasteiger partial charge in [0, 0.05) is 6.04 Å². The van der Waals surface area contributed by atoms with Gasteiger partial charge in [-0.1, -0.05) is 31.4 Å². The molecule has 2 rings (SSSR count). The van der Waals surface area contributed by atoms with Crippen LogP contribution in [0, 0.1) is 11.8 Å². The molecule has 108 valence electrons. The van der Waals surface area contributed by atoms with E-state index in [0.717, 1.165) is 12.8 Å². The van der Waals surface area contributed by atoms with Crippen molar-refractivity contribution < 1.29 is 9.53 Å². The van der Waals surface area contributed by atoms with Crippen LogP contribution in [0.3, 0.4) is 0 Å². The molecule has 2 aliphatic carbocycles. The van der Waals surface area contributed by atoms with E-state index in [2.05, 4.69) is 25.2 Å². The standard InChI is InChI=1S/C16H27NO2/c1-11-8-12(2)10-13(9-11)15(16(18)19-3)17-14-6-4-5-7-14/h8,11,13-15,17H,4-7,9-10H2,1-3H3. The molecule has 3 atom stereocenters. The van der Waals surface area contributed by atoms with Gasteiger partial charge in [-0.3, -0.25) is 4.79 Å². The van der Waals surface area contributed by atoms with E-state index < -0.39 is 0 Å². The minimum absolute atomic E-state index is 0.0844. The molecule has 0 aromatic heterocycles. The van der Waals surface area contributed by atoms with Crippen molar-refractivity contribution in [3.63, 3.8) is 0 Å². The Morgan fingerprint density at radius 2 is 2.11 bits per heavy atom. The maximum absolute atomic E-state index is 12.1. The van der Waals surface area contributed by atoms with E-state index in [4.69, 9.17) is 4.74 Å². The van der Waals surface area contributed by atoms with Crippen LogP contribution in [0.25, 0.3) is 0 Å². The molecule has 0 spiro atoms. The maximum atomic E-state index is 12.1.